The summed E-state index contributed by atoms with van der Waals surface area (Å²) < 4.78 is 10.3. The van der Waals surface area contributed by atoms with Crippen molar-refractivity contribution in [3.05, 3.63) is 65.0 Å². The lowest BCUT2D eigenvalue weighted by molar-refractivity contribution is 0.0946. The number of methoxy groups -OCH3 is 1. The normalized spacial score (nSPS) is 10.4. The lowest BCUT2D eigenvalue weighted by Crippen LogP contribution is -2.23. The maximum Gasteiger partial charge on any atom is 0.253 e. The van der Waals surface area contributed by atoms with Crippen LogP contribution in [0.1, 0.15) is 16.2 Å². The summed E-state index contributed by atoms with van der Waals surface area (Å²) in [6.45, 7) is 0.118. The van der Waals surface area contributed by atoms with Crippen molar-refractivity contribution < 1.29 is 14.1 Å². The third kappa shape index (κ3) is 3.55. The van der Waals surface area contributed by atoms with Gasteiger partial charge in [-0.15, -0.1) is 0 Å². The summed E-state index contributed by atoms with van der Waals surface area (Å²) in [7, 11) is 1.60. The standard InChI is InChI=1S/C17H14ClN3O3/c1-23-12-8-6-11(7-9-12)16-20-15(24-21-16)10-19-17(22)13-4-2-3-5-14(13)18/h2-9H,10H2,1H3,(H,19,22). The predicted molar refractivity (Wildman–Crippen MR) is 88.9 cm³/mol. The Morgan fingerprint density at radius 3 is 2.67 bits per heavy atom. The molecule has 1 N–H and O–H groups in total. The van der Waals surface area contributed by atoms with E-state index in [4.69, 9.17) is 20.9 Å². The van der Waals surface area contributed by atoms with Crippen LogP contribution in [0.3, 0.4) is 0 Å². The van der Waals surface area contributed by atoms with Crippen LogP contribution in [-0.4, -0.2) is 23.2 Å². The highest BCUT2D eigenvalue weighted by Gasteiger charge is 2.12. The molecule has 122 valence electrons. The van der Waals surface area contributed by atoms with Gasteiger partial charge in [0, 0.05) is 5.56 Å². The molecule has 3 aromatic rings. The van der Waals surface area contributed by atoms with Gasteiger partial charge in [-0.1, -0.05) is 28.9 Å². The Morgan fingerprint density at radius 2 is 1.96 bits per heavy atom. The zero-order valence-corrected chi connectivity index (χ0v) is 13.6. The summed E-state index contributed by atoms with van der Waals surface area (Å²) in [6.07, 6.45) is 0. The molecule has 3 rings (SSSR count). The molecule has 0 saturated heterocycles. The Labute approximate surface area is 143 Å². The van der Waals surface area contributed by atoms with Crippen LogP contribution >= 0.6 is 11.6 Å². The first kappa shape index (κ1) is 16.0. The number of benzene rings is 2. The van der Waals surface area contributed by atoms with E-state index in [2.05, 4.69) is 15.5 Å². The fraction of sp³-hybridized carbons (Fsp3) is 0.118. The molecule has 24 heavy (non-hydrogen) atoms. The molecule has 7 heteroatoms. The maximum atomic E-state index is 12.1. The van der Waals surface area contributed by atoms with E-state index in [0.717, 1.165) is 11.3 Å². The average Bonchev–Trinajstić information content (AvgIpc) is 3.09. The highest BCUT2D eigenvalue weighted by Crippen LogP contribution is 2.20. The van der Waals surface area contributed by atoms with Crippen molar-refractivity contribution in [3.8, 4) is 17.1 Å². The van der Waals surface area contributed by atoms with Gasteiger partial charge in [0.1, 0.15) is 5.75 Å². The highest BCUT2D eigenvalue weighted by molar-refractivity contribution is 6.33. The Kier molecular flexibility index (Phi) is 4.77. The predicted octanol–water partition coefficient (Wildman–Crippen LogP) is 3.33. The molecule has 0 unspecified atom stereocenters. The summed E-state index contributed by atoms with van der Waals surface area (Å²) in [5, 5.41) is 6.99. The summed E-state index contributed by atoms with van der Waals surface area (Å²) in [5.74, 6) is 1.19. The number of ether oxygens (including phenoxy) is 1. The first-order valence-corrected chi connectivity index (χ1v) is 7.55. The van der Waals surface area contributed by atoms with Crippen LogP contribution in [0, 0.1) is 0 Å². The second-order valence-electron chi connectivity index (χ2n) is 4.90. The van der Waals surface area contributed by atoms with Crippen molar-refractivity contribution in [2.75, 3.05) is 7.11 Å². The van der Waals surface area contributed by atoms with Crippen molar-refractivity contribution in [1.29, 1.82) is 0 Å². The van der Waals surface area contributed by atoms with Crippen LogP contribution in [0.2, 0.25) is 5.02 Å². The fourth-order valence-electron chi connectivity index (χ4n) is 2.08. The molecule has 0 bridgehead atoms. The summed E-state index contributed by atoms with van der Waals surface area (Å²) in [5.41, 5.74) is 1.19. The van der Waals surface area contributed by atoms with Gasteiger partial charge in [0.2, 0.25) is 11.7 Å². The number of amides is 1. The van der Waals surface area contributed by atoms with Crippen LogP contribution in [0.25, 0.3) is 11.4 Å². The molecule has 0 aliphatic heterocycles. The molecule has 0 saturated carbocycles. The van der Waals surface area contributed by atoms with Gasteiger partial charge in [0.15, 0.2) is 0 Å². The van der Waals surface area contributed by atoms with Crippen molar-refractivity contribution in [2.24, 2.45) is 0 Å². The van der Waals surface area contributed by atoms with Gasteiger partial charge in [-0.25, -0.2) is 0 Å². The molecular formula is C17H14ClN3O3. The molecule has 0 aliphatic carbocycles. The quantitative estimate of drug-likeness (QED) is 0.768. The Balaban J connectivity index is 1.66. The summed E-state index contributed by atoms with van der Waals surface area (Å²) >= 11 is 5.99. The molecule has 0 spiro atoms. The zero-order valence-electron chi connectivity index (χ0n) is 12.8. The lowest BCUT2D eigenvalue weighted by Gasteiger charge is -2.03. The zero-order chi connectivity index (χ0) is 16.9. The van der Waals surface area contributed by atoms with Crippen molar-refractivity contribution in [1.82, 2.24) is 15.5 Å². The number of nitrogens with one attached hydrogen (secondary N) is 1. The molecule has 0 fully saturated rings. The van der Waals surface area contributed by atoms with Crippen molar-refractivity contribution in [3.63, 3.8) is 0 Å². The van der Waals surface area contributed by atoms with Gasteiger partial charge in [-0.05, 0) is 36.4 Å². The van der Waals surface area contributed by atoms with Gasteiger partial charge in [0.05, 0.1) is 24.2 Å². The minimum Gasteiger partial charge on any atom is -0.497 e. The van der Waals surface area contributed by atoms with E-state index >= 15 is 0 Å². The van der Waals surface area contributed by atoms with E-state index < -0.39 is 0 Å². The number of hydrogen-bond donors (Lipinski definition) is 1. The van der Waals surface area contributed by atoms with E-state index in [1.807, 2.05) is 24.3 Å². The SMILES string of the molecule is COc1ccc(-c2noc(CNC(=O)c3ccccc3Cl)n2)cc1. The van der Waals surface area contributed by atoms with Gasteiger partial charge in [-0.2, -0.15) is 4.98 Å². The first-order chi connectivity index (χ1) is 11.7. The van der Waals surface area contributed by atoms with E-state index in [0.29, 0.717) is 22.3 Å². The largest absolute Gasteiger partial charge is 0.497 e. The molecule has 0 atom stereocenters. The molecular weight excluding hydrogens is 330 g/mol. The number of carbonyl (C=O) groups excluding carboxylic acids is 1. The van der Waals surface area contributed by atoms with Crippen LogP contribution in [0.4, 0.5) is 0 Å². The van der Waals surface area contributed by atoms with E-state index in [9.17, 15) is 4.79 Å². The van der Waals surface area contributed by atoms with Gasteiger partial charge >= 0.3 is 0 Å². The smallest absolute Gasteiger partial charge is 0.253 e. The number of rotatable bonds is 5. The molecule has 1 aromatic heterocycles. The third-order valence-corrected chi connectivity index (χ3v) is 3.66. The maximum absolute atomic E-state index is 12.1. The summed E-state index contributed by atoms with van der Waals surface area (Å²) in [6, 6.07) is 14.1. The lowest BCUT2D eigenvalue weighted by atomic mass is 10.2. The van der Waals surface area contributed by atoms with Gasteiger partial charge in [0.25, 0.3) is 5.91 Å². The fourth-order valence-corrected chi connectivity index (χ4v) is 2.30. The minimum absolute atomic E-state index is 0.118. The number of halogens is 1. The third-order valence-electron chi connectivity index (χ3n) is 3.33. The van der Waals surface area contributed by atoms with Crippen LogP contribution in [-0.2, 0) is 6.54 Å². The minimum atomic E-state index is -0.301. The molecule has 6 nitrogen and oxygen atoms in total. The molecule has 0 aliphatic rings. The van der Waals surface area contributed by atoms with Crippen LogP contribution < -0.4 is 10.1 Å². The monoisotopic (exact) mass is 343 g/mol. The van der Waals surface area contributed by atoms with Gasteiger partial charge < -0.3 is 14.6 Å². The molecule has 1 amide bonds. The van der Waals surface area contributed by atoms with Crippen molar-refractivity contribution >= 4 is 17.5 Å². The van der Waals surface area contributed by atoms with E-state index in [1.54, 1.807) is 31.4 Å². The van der Waals surface area contributed by atoms with Gasteiger partial charge in [-0.3, -0.25) is 4.79 Å². The van der Waals surface area contributed by atoms with E-state index in [1.165, 1.54) is 0 Å². The topological polar surface area (TPSA) is 77.3 Å². The van der Waals surface area contributed by atoms with E-state index in [-0.39, 0.29) is 12.5 Å². The number of aromatic nitrogens is 2. The highest BCUT2D eigenvalue weighted by atomic mass is 35.5. The molecule has 0 radical (unpaired) electrons. The van der Waals surface area contributed by atoms with Crippen molar-refractivity contribution in [2.45, 2.75) is 6.54 Å². The van der Waals surface area contributed by atoms with Crippen LogP contribution in [0.15, 0.2) is 53.1 Å². The number of hydrogen-bond acceptors (Lipinski definition) is 5. The average molecular weight is 344 g/mol. The Hall–Kier alpha value is -2.86. The van der Waals surface area contributed by atoms with Crippen LogP contribution in [0.5, 0.6) is 5.75 Å². The molecule has 2 aromatic carbocycles. The Bertz CT molecular complexity index is 846. The molecule has 1 heterocycles. The summed E-state index contributed by atoms with van der Waals surface area (Å²) in [4.78, 5) is 16.3. The number of nitrogens with zero attached hydrogens (tertiary/aromatic N) is 2. The first-order valence-electron chi connectivity index (χ1n) is 7.17. The second-order valence-corrected chi connectivity index (χ2v) is 5.31. The Morgan fingerprint density at radius 1 is 1.21 bits per heavy atom. The number of carbonyl (C=O) groups is 1. The second kappa shape index (κ2) is 7.14.